The minimum absolute atomic E-state index is 0.0911. The van der Waals surface area contributed by atoms with Crippen LogP contribution in [0.3, 0.4) is 0 Å². The number of nitrogens with two attached hydrogens (primary N) is 1. The highest BCUT2D eigenvalue weighted by Crippen LogP contribution is 2.51. The third-order valence-electron chi connectivity index (χ3n) is 6.34. The van der Waals surface area contributed by atoms with Gasteiger partial charge in [0.15, 0.2) is 23.6 Å². The smallest absolute Gasteiger partial charge is 0.394 e. The number of aliphatic hydroxyl groups is 4. The van der Waals surface area contributed by atoms with Crippen molar-refractivity contribution in [3.8, 4) is 0 Å². The van der Waals surface area contributed by atoms with Crippen molar-refractivity contribution in [2.45, 2.75) is 49.1 Å². The van der Waals surface area contributed by atoms with E-state index >= 15 is 0 Å². The zero-order valence-corrected chi connectivity index (χ0v) is 21.0. The Kier molecular flexibility index (Phi) is 7.48. The molecule has 5 heterocycles. The van der Waals surface area contributed by atoms with Gasteiger partial charge in [-0.05, 0) is 0 Å². The SMILES string of the molecule is Nc1nc2c(ncn2[C@@H]2O[C@H](CO)[C@@H](OP(=O)(O)O[C@H]3[C@@H](O)[C@H](n4ccc(=O)[nH]c4=O)O[C@@H]3CO)[C@H]2O)c(=O)[nH]1. The summed E-state index contributed by atoms with van der Waals surface area (Å²) in [6, 6.07) is 0.968. The van der Waals surface area contributed by atoms with Gasteiger partial charge in [-0.25, -0.2) is 14.3 Å². The number of aromatic nitrogens is 6. The van der Waals surface area contributed by atoms with Crippen molar-refractivity contribution in [1.29, 1.82) is 0 Å². The Morgan fingerprint density at radius 1 is 1.00 bits per heavy atom. The van der Waals surface area contributed by atoms with Gasteiger partial charge < -0.3 is 40.5 Å². The topological polar surface area (TPSA) is 300 Å². The van der Waals surface area contributed by atoms with Crippen molar-refractivity contribution in [3.63, 3.8) is 0 Å². The van der Waals surface area contributed by atoms with Crippen molar-refractivity contribution in [3.05, 3.63) is 49.8 Å². The van der Waals surface area contributed by atoms with Crippen LogP contribution in [0.4, 0.5) is 5.95 Å². The molecule has 2 fully saturated rings. The molecule has 9 N–H and O–H groups in total. The molecule has 21 heteroatoms. The number of nitrogen functional groups attached to an aromatic ring is 1. The Bertz CT molecular complexity index is 1620. The number of hydrogen-bond acceptors (Lipinski definition) is 15. The molecule has 0 bridgehead atoms. The van der Waals surface area contributed by atoms with Gasteiger partial charge in [0.2, 0.25) is 5.95 Å². The molecule has 40 heavy (non-hydrogen) atoms. The molecule has 20 nitrogen and oxygen atoms in total. The molecule has 218 valence electrons. The van der Waals surface area contributed by atoms with E-state index in [0.717, 1.165) is 27.7 Å². The molecule has 1 unspecified atom stereocenters. The zero-order chi connectivity index (χ0) is 28.9. The molecule has 0 radical (unpaired) electrons. The molecular formula is C19H24N7O13P. The fraction of sp³-hybridized carbons (Fsp3) is 0.526. The normalized spacial score (nSPS) is 32.0. The summed E-state index contributed by atoms with van der Waals surface area (Å²) in [6.07, 6.45) is -10.7. The summed E-state index contributed by atoms with van der Waals surface area (Å²) in [5.41, 5.74) is 2.98. The number of anilines is 1. The van der Waals surface area contributed by atoms with Gasteiger partial charge >= 0.3 is 13.5 Å². The fourth-order valence-corrected chi connectivity index (χ4v) is 5.73. The van der Waals surface area contributed by atoms with E-state index in [1.807, 2.05) is 4.98 Å². The third-order valence-corrected chi connectivity index (χ3v) is 7.36. The van der Waals surface area contributed by atoms with E-state index in [-0.39, 0.29) is 17.1 Å². The molecule has 0 aliphatic carbocycles. The minimum atomic E-state index is -5.23. The second kappa shape index (κ2) is 10.6. The lowest BCUT2D eigenvalue weighted by Crippen LogP contribution is -2.39. The number of hydrogen-bond donors (Lipinski definition) is 8. The molecule has 3 aromatic heterocycles. The molecular weight excluding hydrogens is 565 g/mol. The van der Waals surface area contributed by atoms with Crippen LogP contribution in [0, 0.1) is 0 Å². The van der Waals surface area contributed by atoms with Crippen LogP contribution >= 0.6 is 7.82 Å². The summed E-state index contributed by atoms with van der Waals surface area (Å²) in [4.78, 5) is 58.1. The number of H-pyrrole nitrogens is 2. The highest BCUT2D eigenvalue weighted by Gasteiger charge is 2.53. The maximum absolute atomic E-state index is 13.0. The minimum Gasteiger partial charge on any atom is -0.394 e. The lowest BCUT2D eigenvalue weighted by atomic mass is 10.1. The quantitative estimate of drug-likeness (QED) is 0.115. The predicted molar refractivity (Wildman–Crippen MR) is 127 cm³/mol. The molecule has 2 saturated heterocycles. The largest absolute Gasteiger partial charge is 0.473 e. The summed E-state index contributed by atoms with van der Waals surface area (Å²) in [7, 11) is -5.23. The van der Waals surface area contributed by atoms with Crippen LogP contribution in [0.2, 0.25) is 0 Å². The van der Waals surface area contributed by atoms with Crippen molar-refractivity contribution in [2.24, 2.45) is 0 Å². The molecule has 0 amide bonds. The van der Waals surface area contributed by atoms with Crippen molar-refractivity contribution < 1.29 is 48.4 Å². The number of aromatic amines is 2. The van der Waals surface area contributed by atoms with Crippen LogP contribution in [0.5, 0.6) is 0 Å². The number of imidazole rings is 1. The lowest BCUT2D eigenvalue weighted by Gasteiger charge is -2.26. The number of nitrogens with zero attached hydrogens (tertiary/aromatic N) is 4. The van der Waals surface area contributed by atoms with Crippen molar-refractivity contribution >= 4 is 24.9 Å². The van der Waals surface area contributed by atoms with E-state index in [1.165, 1.54) is 0 Å². The first kappa shape index (κ1) is 28.2. The summed E-state index contributed by atoms with van der Waals surface area (Å²) >= 11 is 0. The lowest BCUT2D eigenvalue weighted by molar-refractivity contribution is -0.0574. The first-order valence-corrected chi connectivity index (χ1v) is 13.1. The predicted octanol–water partition coefficient (Wildman–Crippen LogP) is -4.38. The number of fused-ring (bicyclic) bond motifs is 1. The number of phosphoric acid groups is 1. The molecule has 0 aromatic carbocycles. The standard InChI is InChI=1S/C19H24N7O13P/c20-18-23-14-9(15(32)24-18)21-5-26(14)17-11(31)13(7(4-28)37-17)39-40(34,35)38-12-6(3-27)36-16(10(12)30)25-2-1-8(29)22-19(25)33/h1-2,5-7,10-13,16-17,27-28,30-31H,3-4H2,(H,34,35)(H,22,29,33)(H3,20,23,24,32)/t6-,7-,10-,11-,12-,13-,16-,17-/m1/s1. The molecule has 0 spiro atoms. The second-order valence-corrected chi connectivity index (χ2v) is 10.2. The monoisotopic (exact) mass is 589 g/mol. The molecule has 2 aliphatic heterocycles. The number of ether oxygens (including phenoxy) is 2. The van der Waals surface area contributed by atoms with Crippen LogP contribution in [-0.4, -0.2) is 104 Å². The van der Waals surface area contributed by atoms with Gasteiger partial charge in [0.25, 0.3) is 11.1 Å². The summed E-state index contributed by atoms with van der Waals surface area (Å²) in [5.74, 6) is -0.260. The summed E-state index contributed by atoms with van der Waals surface area (Å²) in [6.45, 7) is -1.62. The van der Waals surface area contributed by atoms with Crippen LogP contribution in [0.25, 0.3) is 11.2 Å². The van der Waals surface area contributed by atoms with Gasteiger partial charge in [-0.15, -0.1) is 0 Å². The fourth-order valence-electron chi connectivity index (χ4n) is 4.54. The van der Waals surface area contributed by atoms with Gasteiger partial charge in [0.05, 0.1) is 19.5 Å². The Balaban J connectivity index is 1.36. The molecule has 9 atom stereocenters. The summed E-state index contributed by atoms with van der Waals surface area (Å²) in [5, 5.41) is 41.1. The van der Waals surface area contributed by atoms with Crippen molar-refractivity contribution in [2.75, 3.05) is 18.9 Å². The number of phosphoric ester groups is 1. The van der Waals surface area contributed by atoms with Crippen LogP contribution in [0.15, 0.2) is 33.0 Å². The van der Waals surface area contributed by atoms with Crippen LogP contribution < -0.4 is 22.5 Å². The van der Waals surface area contributed by atoms with Crippen LogP contribution in [-0.2, 0) is 23.1 Å². The third kappa shape index (κ3) is 5.01. The van der Waals surface area contributed by atoms with E-state index in [2.05, 4.69) is 15.0 Å². The Labute approximate surface area is 220 Å². The van der Waals surface area contributed by atoms with Gasteiger partial charge in [-0.3, -0.25) is 37.7 Å². The van der Waals surface area contributed by atoms with E-state index in [9.17, 15) is 44.3 Å². The van der Waals surface area contributed by atoms with E-state index in [0.29, 0.717) is 0 Å². The first-order chi connectivity index (χ1) is 18.9. The Morgan fingerprint density at radius 3 is 2.12 bits per heavy atom. The van der Waals surface area contributed by atoms with E-state index < -0.39 is 86.9 Å². The van der Waals surface area contributed by atoms with Gasteiger partial charge in [-0.2, -0.15) is 4.98 Å². The second-order valence-electron chi connectivity index (χ2n) is 8.88. The molecule has 3 aromatic rings. The Hall–Kier alpha value is -3.30. The average molecular weight is 589 g/mol. The van der Waals surface area contributed by atoms with Gasteiger partial charge in [0.1, 0.15) is 36.6 Å². The molecule has 5 rings (SSSR count). The van der Waals surface area contributed by atoms with Crippen molar-refractivity contribution in [1.82, 2.24) is 29.1 Å². The average Bonchev–Trinajstić information content (AvgIpc) is 3.53. The summed E-state index contributed by atoms with van der Waals surface area (Å²) < 4.78 is 36.1. The first-order valence-electron chi connectivity index (χ1n) is 11.6. The van der Waals surface area contributed by atoms with Crippen LogP contribution in [0.1, 0.15) is 12.5 Å². The highest BCUT2D eigenvalue weighted by molar-refractivity contribution is 7.47. The number of rotatable bonds is 8. The molecule has 0 saturated carbocycles. The maximum Gasteiger partial charge on any atom is 0.473 e. The number of nitrogens with one attached hydrogen (secondary N) is 2. The van der Waals surface area contributed by atoms with E-state index in [1.54, 1.807) is 0 Å². The zero-order valence-electron chi connectivity index (χ0n) is 20.1. The Morgan fingerprint density at radius 2 is 1.57 bits per heavy atom. The van der Waals surface area contributed by atoms with Gasteiger partial charge in [-0.1, -0.05) is 0 Å². The molecule has 2 aliphatic rings. The number of aliphatic hydroxyl groups excluding tert-OH is 4. The van der Waals surface area contributed by atoms with E-state index in [4.69, 9.17) is 24.3 Å². The highest BCUT2D eigenvalue weighted by atomic mass is 31.2. The maximum atomic E-state index is 13.0. The van der Waals surface area contributed by atoms with Gasteiger partial charge in [0, 0.05) is 12.3 Å².